The molecule has 6 heteroatoms. The van der Waals surface area contributed by atoms with Crippen LogP contribution in [0.25, 0.3) is 0 Å². The first kappa shape index (κ1) is 74.0. The molecule has 0 aliphatic heterocycles. The van der Waals surface area contributed by atoms with Crippen LogP contribution in [0.15, 0.2) is 158 Å². The van der Waals surface area contributed by atoms with E-state index in [1.165, 1.54) is 64.2 Å². The highest BCUT2D eigenvalue weighted by Crippen LogP contribution is 2.13. The Bertz CT molecular complexity index is 1780. The first-order valence-electron chi connectivity index (χ1n) is 32.0. The van der Waals surface area contributed by atoms with Crippen LogP contribution in [0.5, 0.6) is 0 Å². The lowest BCUT2D eigenvalue weighted by Gasteiger charge is -2.18. The Morgan fingerprint density at radius 1 is 0.266 bits per heavy atom. The zero-order valence-corrected chi connectivity index (χ0v) is 50.8. The van der Waals surface area contributed by atoms with E-state index in [4.69, 9.17) is 14.2 Å². The van der Waals surface area contributed by atoms with Crippen LogP contribution < -0.4 is 0 Å². The average molecular weight is 1090 g/mol. The smallest absolute Gasteiger partial charge is 0.306 e. The average Bonchev–Trinajstić information content (AvgIpc) is 3.45. The molecule has 0 fully saturated rings. The standard InChI is InChI=1S/C73H116O6/c1-4-7-10-13-16-19-22-25-28-30-32-33-34-35-36-37-38-39-41-42-45-48-51-54-57-60-63-66-72(75)78-69-70(68-77-71(74)65-62-59-56-53-50-47-44-27-24-21-18-15-12-9-6-3)79-73(76)67-64-61-58-55-52-49-46-43-40-31-29-26-23-20-17-14-11-8-5-2/h7,10,16-21,25-29,32-33,35-36,38-40,42-45,51,54,70H,4-6,8-9,11-15,22-24,30-31,34,37,41,46-50,52-53,55-69H2,1-3H3/b10-7-,19-16-,20-17-,21-18-,28-25-,29-26-,33-32-,36-35-,39-38-,43-40-,44-27-,45-42-,54-51-. The molecule has 444 valence electrons. The van der Waals surface area contributed by atoms with Gasteiger partial charge in [0, 0.05) is 19.3 Å². The van der Waals surface area contributed by atoms with Crippen molar-refractivity contribution in [2.75, 3.05) is 13.2 Å². The van der Waals surface area contributed by atoms with Gasteiger partial charge >= 0.3 is 17.9 Å². The third kappa shape index (κ3) is 63.7. The van der Waals surface area contributed by atoms with E-state index in [1.807, 2.05) is 0 Å². The highest BCUT2D eigenvalue weighted by molar-refractivity contribution is 5.71. The summed E-state index contributed by atoms with van der Waals surface area (Å²) in [7, 11) is 0. The van der Waals surface area contributed by atoms with Gasteiger partial charge in [0.15, 0.2) is 6.10 Å². The summed E-state index contributed by atoms with van der Waals surface area (Å²) in [5, 5.41) is 0. The molecular formula is C73H116O6. The molecular weight excluding hydrogens is 973 g/mol. The second-order valence-corrected chi connectivity index (χ2v) is 20.6. The lowest BCUT2D eigenvalue weighted by Crippen LogP contribution is -2.30. The largest absolute Gasteiger partial charge is 0.462 e. The molecule has 0 aliphatic carbocycles. The van der Waals surface area contributed by atoms with Crippen molar-refractivity contribution in [1.82, 2.24) is 0 Å². The molecule has 0 spiro atoms. The van der Waals surface area contributed by atoms with Gasteiger partial charge in [-0.3, -0.25) is 14.4 Å². The van der Waals surface area contributed by atoms with E-state index in [1.54, 1.807) is 0 Å². The summed E-state index contributed by atoms with van der Waals surface area (Å²) in [5.74, 6) is -0.985. The van der Waals surface area contributed by atoms with Crippen molar-refractivity contribution in [3.05, 3.63) is 158 Å². The molecule has 0 radical (unpaired) electrons. The van der Waals surface area contributed by atoms with Crippen LogP contribution in [-0.2, 0) is 28.6 Å². The van der Waals surface area contributed by atoms with Crippen LogP contribution >= 0.6 is 0 Å². The topological polar surface area (TPSA) is 78.9 Å². The third-order valence-electron chi connectivity index (χ3n) is 13.0. The van der Waals surface area contributed by atoms with Crippen molar-refractivity contribution >= 4 is 17.9 Å². The number of hydrogen-bond donors (Lipinski definition) is 0. The summed E-state index contributed by atoms with van der Waals surface area (Å²) in [6, 6.07) is 0. The maximum Gasteiger partial charge on any atom is 0.306 e. The summed E-state index contributed by atoms with van der Waals surface area (Å²) < 4.78 is 16.9. The Balaban J connectivity index is 4.51. The zero-order chi connectivity index (χ0) is 57.1. The predicted molar refractivity (Wildman–Crippen MR) is 343 cm³/mol. The van der Waals surface area contributed by atoms with Crippen molar-refractivity contribution < 1.29 is 28.6 Å². The van der Waals surface area contributed by atoms with Gasteiger partial charge in [-0.05, 0) is 154 Å². The van der Waals surface area contributed by atoms with E-state index in [2.05, 4.69) is 179 Å². The van der Waals surface area contributed by atoms with E-state index in [0.717, 1.165) is 154 Å². The SMILES string of the molecule is CC/C=C\C/C=C\C/C=C\C/C=C\C/C=C\C/C=C\C/C=C\C/C=C\CCCCC(=O)OCC(COC(=O)CCCCCCC/C=C\C/C=C\CCCCC)OC(=O)CCCCCCCC/C=C\C/C=C\C/C=C\CCCCC. The summed E-state index contributed by atoms with van der Waals surface area (Å²) in [6.45, 7) is 6.41. The fourth-order valence-electron chi connectivity index (χ4n) is 8.20. The molecule has 0 heterocycles. The van der Waals surface area contributed by atoms with Gasteiger partial charge in [0.2, 0.25) is 0 Å². The van der Waals surface area contributed by atoms with Crippen molar-refractivity contribution in [2.24, 2.45) is 0 Å². The molecule has 0 rings (SSSR count). The van der Waals surface area contributed by atoms with E-state index in [-0.39, 0.29) is 37.5 Å². The Kier molecular flexibility index (Phi) is 61.4. The second kappa shape index (κ2) is 65.5. The predicted octanol–water partition coefficient (Wildman–Crippen LogP) is 22.1. The van der Waals surface area contributed by atoms with Crippen LogP contribution in [0.1, 0.15) is 265 Å². The number of ether oxygens (including phenoxy) is 3. The lowest BCUT2D eigenvalue weighted by atomic mass is 10.1. The van der Waals surface area contributed by atoms with Gasteiger partial charge < -0.3 is 14.2 Å². The summed E-state index contributed by atoms with van der Waals surface area (Å²) in [4.78, 5) is 38.3. The molecule has 0 aromatic rings. The molecule has 0 saturated heterocycles. The number of esters is 3. The number of carbonyl (C=O) groups is 3. The number of carbonyl (C=O) groups excluding carboxylic acids is 3. The number of unbranched alkanes of at least 4 members (excludes halogenated alkanes) is 19. The highest BCUT2D eigenvalue weighted by Gasteiger charge is 2.19. The van der Waals surface area contributed by atoms with Gasteiger partial charge in [0.05, 0.1) is 0 Å². The lowest BCUT2D eigenvalue weighted by molar-refractivity contribution is -0.167. The normalized spacial score (nSPS) is 13.2. The molecule has 1 atom stereocenters. The molecule has 0 aliphatic rings. The molecule has 1 unspecified atom stereocenters. The van der Waals surface area contributed by atoms with Crippen molar-refractivity contribution in [3.8, 4) is 0 Å². The first-order valence-corrected chi connectivity index (χ1v) is 32.0. The van der Waals surface area contributed by atoms with Crippen LogP contribution in [0.4, 0.5) is 0 Å². The van der Waals surface area contributed by atoms with Gasteiger partial charge in [-0.1, -0.05) is 249 Å². The minimum Gasteiger partial charge on any atom is -0.462 e. The van der Waals surface area contributed by atoms with Gasteiger partial charge in [-0.15, -0.1) is 0 Å². The summed E-state index contributed by atoms with van der Waals surface area (Å²) >= 11 is 0. The highest BCUT2D eigenvalue weighted by atomic mass is 16.6. The van der Waals surface area contributed by atoms with E-state index in [9.17, 15) is 14.4 Å². The van der Waals surface area contributed by atoms with Gasteiger partial charge in [0.25, 0.3) is 0 Å². The first-order chi connectivity index (χ1) is 39.0. The summed E-state index contributed by atoms with van der Waals surface area (Å²) in [5.41, 5.74) is 0. The van der Waals surface area contributed by atoms with Crippen molar-refractivity contribution in [2.45, 2.75) is 271 Å². The number of allylic oxidation sites excluding steroid dienone is 26. The van der Waals surface area contributed by atoms with E-state index >= 15 is 0 Å². The van der Waals surface area contributed by atoms with Gasteiger partial charge in [-0.2, -0.15) is 0 Å². The third-order valence-corrected chi connectivity index (χ3v) is 13.0. The summed E-state index contributed by atoms with van der Waals surface area (Å²) in [6.07, 6.45) is 95.2. The fraction of sp³-hybridized carbons (Fsp3) is 0.603. The van der Waals surface area contributed by atoms with Crippen LogP contribution in [-0.4, -0.2) is 37.2 Å². The second-order valence-electron chi connectivity index (χ2n) is 20.6. The molecule has 0 aromatic carbocycles. The van der Waals surface area contributed by atoms with Crippen molar-refractivity contribution in [1.29, 1.82) is 0 Å². The maximum absolute atomic E-state index is 12.9. The molecule has 0 amide bonds. The monoisotopic (exact) mass is 1090 g/mol. The number of hydrogen-bond acceptors (Lipinski definition) is 6. The van der Waals surface area contributed by atoms with Crippen LogP contribution in [0.3, 0.4) is 0 Å². The fourth-order valence-corrected chi connectivity index (χ4v) is 8.20. The van der Waals surface area contributed by atoms with Gasteiger partial charge in [-0.25, -0.2) is 0 Å². The molecule has 0 N–H and O–H groups in total. The zero-order valence-electron chi connectivity index (χ0n) is 50.8. The minimum atomic E-state index is -0.818. The minimum absolute atomic E-state index is 0.111. The molecule has 0 saturated carbocycles. The number of rotatable bonds is 56. The molecule has 0 aromatic heterocycles. The Morgan fingerprint density at radius 3 is 0.797 bits per heavy atom. The maximum atomic E-state index is 12.9. The molecule has 79 heavy (non-hydrogen) atoms. The van der Waals surface area contributed by atoms with E-state index < -0.39 is 6.10 Å². The molecule has 0 bridgehead atoms. The van der Waals surface area contributed by atoms with Gasteiger partial charge in [0.1, 0.15) is 13.2 Å². The Labute approximate surface area is 486 Å². The van der Waals surface area contributed by atoms with E-state index in [0.29, 0.717) is 19.3 Å². The quantitative estimate of drug-likeness (QED) is 0.0261. The Hall–Kier alpha value is -4.97. The van der Waals surface area contributed by atoms with Crippen LogP contribution in [0, 0.1) is 0 Å². The van der Waals surface area contributed by atoms with Crippen LogP contribution in [0.2, 0.25) is 0 Å². The molecule has 6 nitrogen and oxygen atoms in total. The van der Waals surface area contributed by atoms with Crippen molar-refractivity contribution in [3.63, 3.8) is 0 Å². The Morgan fingerprint density at radius 2 is 0.494 bits per heavy atom.